The third-order valence-corrected chi connectivity index (χ3v) is 3.65. The molecule has 0 bridgehead atoms. The third kappa shape index (κ3) is 2.82. The van der Waals surface area contributed by atoms with Crippen LogP contribution in [0.1, 0.15) is 24.6 Å². The highest BCUT2D eigenvalue weighted by Crippen LogP contribution is 2.33. The molecule has 1 saturated heterocycles. The molecule has 18 heavy (non-hydrogen) atoms. The first-order chi connectivity index (χ1) is 7.74. The van der Waals surface area contributed by atoms with Gasteiger partial charge in [0.1, 0.15) is 15.9 Å². The number of rotatable bonds is 1. The van der Waals surface area contributed by atoms with Crippen molar-refractivity contribution in [1.29, 1.82) is 0 Å². The fourth-order valence-corrected chi connectivity index (χ4v) is 2.68. The third-order valence-electron chi connectivity index (χ3n) is 3.21. The van der Waals surface area contributed by atoms with E-state index < -0.39 is 0 Å². The van der Waals surface area contributed by atoms with Crippen LogP contribution in [0.4, 0.5) is 0 Å². The van der Waals surface area contributed by atoms with Gasteiger partial charge in [-0.25, -0.2) is 4.98 Å². The van der Waals surface area contributed by atoms with Crippen molar-refractivity contribution >= 4 is 51.8 Å². The SMILES string of the molecule is CN1CCC[C@H]1c1cc2nc(Br)ccc2o1.Cl.Cl. The lowest BCUT2D eigenvalue weighted by molar-refractivity contribution is 0.281. The van der Waals surface area contributed by atoms with E-state index in [2.05, 4.69) is 38.9 Å². The lowest BCUT2D eigenvalue weighted by Gasteiger charge is -2.16. The molecule has 0 unspecified atom stereocenters. The number of halogens is 3. The predicted molar refractivity (Wildman–Crippen MR) is 80.8 cm³/mol. The van der Waals surface area contributed by atoms with Gasteiger partial charge in [-0.3, -0.25) is 4.90 Å². The maximum Gasteiger partial charge on any atom is 0.152 e. The maximum atomic E-state index is 5.85. The molecule has 1 atom stereocenters. The van der Waals surface area contributed by atoms with Crippen LogP contribution in [0, 0.1) is 0 Å². The van der Waals surface area contributed by atoms with Crippen LogP contribution in [-0.2, 0) is 0 Å². The van der Waals surface area contributed by atoms with Crippen molar-refractivity contribution in [2.45, 2.75) is 18.9 Å². The molecule has 0 spiro atoms. The molecular formula is C12H15BrCl2N2O. The normalized spacial score (nSPS) is 19.6. The Morgan fingerprint density at radius 3 is 2.83 bits per heavy atom. The van der Waals surface area contributed by atoms with Crippen LogP contribution in [0.3, 0.4) is 0 Å². The lowest BCUT2D eigenvalue weighted by Crippen LogP contribution is -2.16. The summed E-state index contributed by atoms with van der Waals surface area (Å²) in [5.41, 5.74) is 1.81. The van der Waals surface area contributed by atoms with Crippen LogP contribution < -0.4 is 0 Å². The number of pyridine rings is 1. The van der Waals surface area contributed by atoms with Gasteiger partial charge in [-0.05, 0) is 54.5 Å². The molecule has 100 valence electrons. The summed E-state index contributed by atoms with van der Waals surface area (Å²) in [5, 5.41) is 0. The number of likely N-dealkylation sites (tertiary alicyclic amines) is 1. The van der Waals surface area contributed by atoms with Gasteiger partial charge in [0.2, 0.25) is 0 Å². The minimum atomic E-state index is 0. The topological polar surface area (TPSA) is 29.3 Å². The monoisotopic (exact) mass is 352 g/mol. The molecule has 1 aliphatic heterocycles. The molecule has 1 fully saturated rings. The second kappa shape index (κ2) is 6.24. The van der Waals surface area contributed by atoms with Gasteiger partial charge < -0.3 is 4.42 Å². The number of aromatic nitrogens is 1. The van der Waals surface area contributed by atoms with Gasteiger partial charge >= 0.3 is 0 Å². The molecule has 2 aromatic heterocycles. The summed E-state index contributed by atoms with van der Waals surface area (Å²) in [7, 11) is 2.15. The van der Waals surface area contributed by atoms with E-state index in [4.69, 9.17) is 4.42 Å². The fraction of sp³-hybridized carbons (Fsp3) is 0.417. The van der Waals surface area contributed by atoms with E-state index >= 15 is 0 Å². The van der Waals surface area contributed by atoms with Crippen LogP contribution in [-0.4, -0.2) is 23.5 Å². The van der Waals surface area contributed by atoms with Crippen molar-refractivity contribution in [2.75, 3.05) is 13.6 Å². The second-order valence-corrected chi connectivity index (χ2v) is 5.12. The molecular weight excluding hydrogens is 339 g/mol. The number of nitrogens with zero attached hydrogens (tertiary/aromatic N) is 2. The van der Waals surface area contributed by atoms with E-state index in [1.165, 1.54) is 12.8 Å². The number of hydrogen-bond acceptors (Lipinski definition) is 3. The summed E-state index contributed by atoms with van der Waals surface area (Å²) in [5.74, 6) is 1.04. The first kappa shape index (κ1) is 15.8. The van der Waals surface area contributed by atoms with Gasteiger partial charge in [-0.15, -0.1) is 24.8 Å². The van der Waals surface area contributed by atoms with Gasteiger partial charge in [0.25, 0.3) is 0 Å². The largest absolute Gasteiger partial charge is 0.458 e. The summed E-state index contributed by atoms with van der Waals surface area (Å²) in [4.78, 5) is 6.74. The highest BCUT2D eigenvalue weighted by Gasteiger charge is 2.25. The Morgan fingerprint density at radius 1 is 1.39 bits per heavy atom. The van der Waals surface area contributed by atoms with Crippen molar-refractivity contribution in [3.8, 4) is 0 Å². The Kier molecular flexibility index (Phi) is 5.46. The van der Waals surface area contributed by atoms with Crippen LogP contribution in [0.25, 0.3) is 11.1 Å². The second-order valence-electron chi connectivity index (χ2n) is 4.30. The molecule has 0 N–H and O–H groups in total. The van der Waals surface area contributed by atoms with Crippen molar-refractivity contribution in [1.82, 2.24) is 9.88 Å². The molecule has 3 nitrogen and oxygen atoms in total. The average Bonchev–Trinajstić information content (AvgIpc) is 2.82. The Bertz CT molecular complexity index is 532. The van der Waals surface area contributed by atoms with Crippen LogP contribution >= 0.6 is 40.7 Å². The zero-order chi connectivity index (χ0) is 11.1. The summed E-state index contributed by atoms with van der Waals surface area (Å²) in [6, 6.07) is 6.36. The van der Waals surface area contributed by atoms with Gasteiger partial charge in [-0.1, -0.05) is 0 Å². The molecule has 0 aliphatic carbocycles. The molecule has 3 heterocycles. The zero-order valence-electron chi connectivity index (χ0n) is 9.93. The smallest absolute Gasteiger partial charge is 0.152 e. The standard InChI is InChI=1S/C12H13BrN2O.2ClH/c1-15-6-2-3-9(15)11-7-8-10(16-11)4-5-12(13)14-8;;/h4-5,7,9H,2-3,6H2,1H3;2*1H/t9-;;/m0../s1. The van der Waals surface area contributed by atoms with E-state index in [0.717, 1.165) is 28.0 Å². The summed E-state index contributed by atoms with van der Waals surface area (Å²) < 4.78 is 6.71. The zero-order valence-corrected chi connectivity index (χ0v) is 13.1. The first-order valence-electron chi connectivity index (χ1n) is 5.50. The molecule has 2 aromatic rings. The Labute approximate surface area is 127 Å². The summed E-state index contributed by atoms with van der Waals surface area (Å²) >= 11 is 3.37. The minimum absolute atomic E-state index is 0. The highest BCUT2D eigenvalue weighted by atomic mass is 79.9. The van der Waals surface area contributed by atoms with Gasteiger partial charge in [0.15, 0.2) is 5.58 Å². The average molecular weight is 354 g/mol. The van der Waals surface area contributed by atoms with Crippen LogP contribution in [0.2, 0.25) is 0 Å². The van der Waals surface area contributed by atoms with E-state index in [9.17, 15) is 0 Å². The first-order valence-corrected chi connectivity index (χ1v) is 6.29. The Hall–Kier alpha value is -0.290. The number of fused-ring (bicyclic) bond motifs is 1. The van der Waals surface area contributed by atoms with Crippen LogP contribution in [0.5, 0.6) is 0 Å². The molecule has 0 saturated carbocycles. The minimum Gasteiger partial charge on any atom is -0.458 e. The van der Waals surface area contributed by atoms with Crippen molar-refractivity contribution in [2.24, 2.45) is 0 Å². The van der Waals surface area contributed by atoms with Crippen molar-refractivity contribution < 1.29 is 4.42 Å². The molecule has 3 rings (SSSR count). The van der Waals surface area contributed by atoms with Crippen LogP contribution in [0.15, 0.2) is 27.2 Å². The maximum absolute atomic E-state index is 5.85. The molecule has 1 aliphatic rings. The highest BCUT2D eigenvalue weighted by molar-refractivity contribution is 9.10. The number of hydrogen-bond donors (Lipinski definition) is 0. The molecule has 0 radical (unpaired) electrons. The number of furan rings is 1. The van der Waals surface area contributed by atoms with Crippen molar-refractivity contribution in [3.05, 3.63) is 28.6 Å². The van der Waals surface area contributed by atoms with Crippen molar-refractivity contribution in [3.63, 3.8) is 0 Å². The van der Waals surface area contributed by atoms with E-state index in [1.54, 1.807) is 0 Å². The summed E-state index contributed by atoms with van der Waals surface area (Å²) in [6.07, 6.45) is 2.42. The van der Waals surface area contributed by atoms with E-state index in [-0.39, 0.29) is 24.8 Å². The van der Waals surface area contributed by atoms with Gasteiger partial charge in [-0.2, -0.15) is 0 Å². The molecule has 0 aromatic carbocycles. The van der Waals surface area contributed by atoms with E-state index in [1.807, 2.05) is 12.1 Å². The fourth-order valence-electron chi connectivity index (χ4n) is 2.35. The van der Waals surface area contributed by atoms with E-state index in [0.29, 0.717) is 6.04 Å². The molecule has 0 amide bonds. The summed E-state index contributed by atoms with van der Waals surface area (Å²) in [6.45, 7) is 1.15. The quantitative estimate of drug-likeness (QED) is 0.719. The van der Waals surface area contributed by atoms with Gasteiger partial charge in [0, 0.05) is 6.07 Å². The Morgan fingerprint density at radius 2 is 2.17 bits per heavy atom. The molecule has 6 heteroatoms. The Balaban J connectivity index is 0.000000810. The lowest BCUT2D eigenvalue weighted by atomic mass is 10.2. The predicted octanol–water partition coefficient (Wildman–Crippen LogP) is 4.20. The van der Waals surface area contributed by atoms with Gasteiger partial charge in [0.05, 0.1) is 6.04 Å².